The predicted molar refractivity (Wildman–Crippen MR) is 184 cm³/mol. The number of benzene rings is 1. The van der Waals surface area contributed by atoms with Crippen LogP contribution in [-0.4, -0.2) is 69.1 Å². The molecule has 2 rings (SSSR count). The summed E-state index contributed by atoms with van der Waals surface area (Å²) >= 11 is 0. The Balaban J connectivity index is 1.95. The molecule has 0 unspecified atom stereocenters. The number of aliphatic hydroxyl groups excluding tert-OH is 4. The van der Waals surface area contributed by atoms with Gasteiger partial charge in [-0.3, -0.25) is 4.79 Å². The largest absolute Gasteiger partial charge is 0.462 e. The zero-order valence-corrected chi connectivity index (χ0v) is 29.4. The number of carbonyl (C=O) groups excluding carboxylic acids is 2. The van der Waals surface area contributed by atoms with Crippen LogP contribution in [0.5, 0.6) is 0 Å². The molecule has 1 fully saturated rings. The van der Waals surface area contributed by atoms with Crippen molar-refractivity contribution in [2.24, 2.45) is 47.2 Å². The van der Waals surface area contributed by atoms with Gasteiger partial charge in [-0.15, -0.1) is 0 Å². The highest BCUT2D eigenvalue weighted by Crippen LogP contribution is 2.31. The quantitative estimate of drug-likeness (QED) is 0.111. The summed E-state index contributed by atoms with van der Waals surface area (Å²) in [6.45, 7) is 15.0. The Kier molecular flexibility index (Phi) is 16.4. The highest BCUT2D eigenvalue weighted by molar-refractivity contribution is 5.73. The van der Waals surface area contributed by atoms with E-state index in [2.05, 4.69) is 0 Å². The van der Waals surface area contributed by atoms with Crippen molar-refractivity contribution in [2.75, 3.05) is 0 Å². The van der Waals surface area contributed by atoms with E-state index >= 15 is 0 Å². The zero-order chi connectivity index (χ0) is 35.4. The molecule has 1 aromatic rings. The molecule has 0 aromatic heterocycles. The maximum absolute atomic E-state index is 12.0. The van der Waals surface area contributed by atoms with E-state index in [1.54, 1.807) is 26.0 Å². The Hall–Kier alpha value is -2.98. The zero-order valence-electron chi connectivity index (χ0n) is 29.4. The molecule has 13 atom stereocenters. The molecular weight excluding hydrogens is 598 g/mol. The number of nitrogens with two attached hydrogens (primary N) is 1. The number of hydrogen-bond donors (Lipinski definition) is 5. The average molecular weight is 658 g/mol. The lowest BCUT2D eigenvalue weighted by Crippen LogP contribution is -2.47. The Morgan fingerprint density at radius 2 is 1.60 bits per heavy atom. The maximum atomic E-state index is 12.0. The van der Waals surface area contributed by atoms with Crippen LogP contribution in [0.2, 0.25) is 0 Å². The SMILES string of the molecule is C/C(=C/[C@H](C)[C@@H](O)[C@@H](C)/C=C\[C@@H](O)C[C@@H]1OC(=O)[C@H](C)[C@@H](O)[C@H]1C)C[C@H](C)[C@@H](O)[C@H](C)[C@@H](OC(N)=O)[C@@H](C)/C=C\Cc1ccccc1. The molecule has 47 heavy (non-hydrogen) atoms. The number of ether oxygens (including phenoxy) is 2. The van der Waals surface area contributed by atoms with Crippen molar-refractivity contribution in [2.45, 2.75) is 111 Å². The van der Waals surface area contributed by atoms with Crippen LogP contribution in [0.1, 0.15) is 73.8 Å². The molecule has 0 saturated carbocycles. The van der Waals surface area contributed by atoms with Crippen LogP contribution in [0, 0.1) is 41.4 Å². The molecule has 1 aliphatic rings. The minimum absolute atomic E-state index is 0.157. The first kappa shape index (κ1) is 40.2. The molecular formula is C38H59NO8. The van der Waals surface area contributed by atoms with E-state index in [4.69, 9.17) is 15.2 Å². The molecule has 1 aromatic carbocycles. The fourth-order valence-electron chi connectivity index (χ4n) is 6.58. The molecule has 9 heteroatoms. The summed E-state index contributed by atoms with van der Waals surface area (Å²) in [5.74, 6) is -2.53. The third-order valence-corrected chi connectivity index (χ3v) is 9.70. The van der Waals surface area contributed by atoms with E-state index in [0.717, 1.165) is 12.0 Å². The van der Waals surface area contributed by atoms with E-state index in [9.17, 15) is 30.0 Å². The summed E-state index contributed by atoms with van der Waals surface area (Å²) in [4.78, 5) is 23.8. The van der Waals surface area contributed by atoms with Crippen LogP contribution < -0.4 is 5.73 Å². The van der Waals surface area contributed by atoms with Gasteiger partial charge in [0.2, 0.25) is 0 Å². The summed E-state index contributed by atoms with van der Waals surface area (Å²) in [6.07, 6.45) is 5.59. The molecule has 1 aliphatic heterocycles. The molecule has 0 bridgehead atoms. The molecule has 6 N–H and O–H groups in total. The van der Waals surface area contributed by atoms with Gasteiger partial charge in [-0.25, -0.2) is 4.79 Å². The van der Waals surface area contributed by atoms with Crippen molar-refractivity contribution in [1.29, 1.82) is 0 Å². The van der Waals surface area contributed by atoms with Crippen LogP contribution in [0.3, 0.4) is 0 Å². The fraction of sp³-hybridized carbons (Fsp3) is 0.632. The molecule has 1 saturated heterocycles. The van der Waals surface area contributed by atoms with Crippen molar-refractivity contribution in [3.8, 4) is 0 Å². The average Bonchev–Trinajstić information content (AvgIpc) is 3.03. The Morgan fingerprint density at radius 1 is 0.957 bits per heavy atom. The summed E-state index contributed by atoms with van der Waals surface area (Å²) in [6, 6.07) is 10.0. The molecule has 0 spiro atoms. The maximum Gasteiger partial charge on any atom is 0.404 e. The topological polar surface area (TPSA) is 160 Å². The summed E-state index contributed by atoms with van der Waals surface area (Å²) in [7, 11) is 0. The minimum atomic E-state index is -0.896. The highest BCUT2D eigenvalue weighted by Gasteiger charge is 2.41. The number of rotatable bonds is 17. The first-order valence-corrected chi connectivity index (χ1v) is 17.0. The van der Waals surface area contributed by atoms with Crippen molar-refractivity contribution in [3.63, 3.8) is 0 Å². The van der Waals surface area contributed by atoms with Crippen LogP contribution in [0.25, 0.3) is 0 Å². The van der Waals surface area contributed by atoms with Crippen LogP contribution in [0.4, 0.5) is 4.79 Å². The van der Waals surface area contributed by atoms with Gasteiger partial charge in [-0.2, -0.15) is 0 Å². The number of primary amides is 1. The third-order valence-electron chi connectivity index (χ3n) is 9.70. The molecule has 264 valence electrons. The Labute approximate surface area is 281 Å². The highest BCUT2D eigenvalue weighted by atomic mass is 16.6. The second-order valence-electron chi connectivity index (χ2n) is 13.9. The van der Waals surface area contributed by atoms with Gasteiger partial charge in [-0.1, -0.05) is 108 Å². The number of esters is 1. The van der Waals surface area contributed by atoms with Gasteiger partial charge in [0.15, 0.2) is 0 Å². The number of hydrogen-bond acceptors (Lipinski definition) is 8. The number of carbonyl (C=O) groups is 2. The van der Waals surface area contributed by atoms with Gasteiger partial charge < -0.3 is 35.6 Å². The molecule has 9 nitrogen and oxygen atoms in total. The van der Waals surface area contributed by atoms with Gasteiger partial charge in [0.25, 0.3) is 0 Å². The number of amides is 1. The third kappa shape index (κ3) is 12.5. The van der Waals surface area contributed by atoms with Crippen LogP contribution in [-0.2, 0) is 20.7 Å². The summed E-state index contributed by atoms with van der Waals surface area (Å²) in [5.41, 5.74) is 7.59. The smallest absolute Gasteiger partial charge is 0.404 e. The monoisotopic (exact) mass is 657 g/mol. The van der Waals surface area contributed by atoms with Gasteiger partial charge >= 0.3 is 12.1 Å². The van der Waals surface area contributed by atoms with E-state index in [1.165, 1.54) is 5.56 Å². The number of cyclic esters (lactones) is 1. The summed E-state index contributed by atoms with van der Waals surface area (Å²) < 4.78 is 10.9. The van der Waals surface area contributed by atoms with Gasteiger partial charge in [0.1, 0.15) is 12.2 Å². The predicted octanol–water partition coefficient (Wildman–Crippen LogP) is 5.35. The van der Waals surface area contributed by atoms with Gasteiger partial charge in [-0.05, 0) is 38.2 Å². The van der Waals surface area contributed by atoms with E-state index in [0.29, 0.717) is 6.42 Å². The van der Waals surface area contributed by atoms with Crippen molar-refractivity contribution in [1.82, 2.24) is 0 Å². The minimum Gasteiger partial charge on any atom is -0.462 e. The Bertz CT molecular complexity index is 1200. The van der Waals surface area contributed by atoms with E-state index in [-0.39, 0.29) is 41.9 Å². The van der Waals surface area contributed by atoms with Crippen molar-refractivity contribution < 1.29 is 39.5 Å². The second-order valence-corrected chi connectivity index (χ2v) is 13.9. The molecule has 1 heterocycles. The fourth-order valence-corrected chi connectivity index (χ4v) is 6.58. The lowest BCUT2D eigenvalue weighted by molar-refractivity contribution is -0.179. The lowest BCUT2D eigenvalue weighted by atomic mass is 9.81. The first-order valence-electron chi connectivity index (χ1n) is 17.0. The lowest BCUT2D eigenvalue weighted by Gasteiger charge is -2.36. The Morgan fingerprint density at radius 3 is 2.21 bits per heavy atom. The van der Waals surface area contributed by atoms with E-state index < -0.39 is 54.6 Å². The van der Waals surface area contributed by atoms with E-state index in [1.807, 2.05) is 90.1 Å². The van der Waals surface area contributed by atoms with Crippen molar-refractivity contribution >= 4 is 12.1 Å². The van der Waals surface area contributed by atoms with Crippen molar-refractivity contribution in [3.05, 3.63) is 71.8 Å². The molecule has 0 aliphatic carbocycles. The van der Waals surface area contributed by atoms with Crippen LogP contribution >= 0.6 is 0 Å². The molecule has 1 amide bonds. The van der Waals surface area contributed by atoms with Crippen LogP contribution in [0.15, 0.2) is 66.3 Å². The summed E-state index contributed by atoms with van der Waals surface area (Å²) in [5, 5.41) is 43.2. The first-order chi connectivity index (χ1) is 22.0. The second kappa shape index (κ2) is 19.1. The normalized spacial score (nSPS) is 26.6. The standard InChI is InChI=1S/C38H59NO8/c1-22(19-25(4)33(41)23(2)17-18-31(40)21-32-27(6)35(43)29(8)37(44)46-32)20-26(5)34(42)28(7)36(47-38(39)45)24(3)13-12-16-30-14-10-9-11-15-30/h9-15,17-19,23-29,31-36,40-43H,16,20-21H2,1-8H3,(H2,39,45)/b13-12-,18-17-,22-19-/t23-,24-,25-,26-,27-,28-,29+,31+,32-,33-,34+,35-,36-/m0/s1. The number of aliphatic hydroxyl groups is 4. The van der Waals surface area contributed by atoms with Gasteiger partial charge in [0, 0.05) is 36.0 Å². The number of allylic oxidation sites excluding steroid dienone is 2. The van der Waals surface area contributed by atoms with Gasteiger partial charge in [0.05, 0.1) is 30.3 Å². The molecule has 0 radical (unpaired) electrons.